The van der Waals surface area contributed by atoms with Crippen molar-refractivity contribution in [2.24, 2.45) is 0 Å². The van der Waals surface area contributed by atoms with E-state index < -0.39 is 22.9 Å². The van der Waals surface area contributed by atoms with Crippen LogP contribution in [0.15, 0.2) is 54.6 Å². The Hall–Kier alpha value is -3.55. The maximum absolute atomic E-state index is 12.8. The molecule has 0 aliphatic rings. The van der Waals surface area contributed by atoms with E-state index in [1.54, 1.807) is 18.2 Å². The molecule has 2 rings (SSSR count). The van der Waals surface area contributed by atoms with Crippen LogP contribution >= 0.6 is 0 Å². The molecule has 8 heteroatoms. The molecule has 1 N–H and O–H groups in total. The summed E-state index contributed by atoms with van der Waals surface area (Å²) in [7, 11) is 0. The third kappa shape index (κ3) is 6.31. The van der Waals surface area contributed by atoms with E-state index in [2.05, 4.69) is 5.32 Å². The molecule has 0 saturated heterocycles. The average molecular weight is 386 g/mol. The number of benzene rings is 2. The van der Waals surface area contributed by atoms with Gasteiger partial charge in [-0.05, 0) is 43.2 Å². The highest BCUT2D eigenvalue weighted by Gasteiger charge is 2.16. The van der Waals surface area contributed by atoms with E-state index in [1.165, 1.54) is 43.3 Å². The third-order valence-electron chi connectivity index (χ3n) is 3.82. The Morgan fingerprint density at radius 1 is 1.21 bits per heavy atom. The lowest BCUT2D eigenvalue weighted by Gasteiger charge is -2.12. The first-order chi connectivity index (χ1) is 13.4. The number of hydrogen-bond donors (Lipinski definition) is 1. The van der Waals surface area contributed by atoms with Crippen molar-refractivity contribution in [3.05, 3.63) is 81.7 Å². The van der Waals surface area contributed by atoms with Gasteiger partial charge in [0.05, 0.1) is 10.5 Å². The molecule has 2 aromatic rings. The molecule has 1 atom stereocenters. The predicted octanol–water partition coefficient (Wildman–Crippen LogP) is 3.04. The Labute approximate surface area is 161 Å². The molecule has 0 aromatic heterocycles. The van der Waals surface area contributed by atoms with Crippen molar-refractivity contribution in [1.82, 2.24) is 5.32 Å². The van der Waals surface area contributed by atoms with Gasteiger partial charge in [-0.25, -0.2) is 9.18 Å². The van der Waals surface area contributed by atoms with E-state index >= 15 is 0 Å². The maximum Gasteiger partial charge on any atom is 0.331 e. The van der Waals surface area contributed by atoms with Gasteiger partial charge in [-0.2, -0.15) is 0 Å². The largest absolute Gasteiger partial charge is 0.449 e. The molecule has 0 saturated carbocycles. The lowest BCUT2D eigenvalue weighted by atomic mass is 10.1. The summed E-state index contributed by atoms with van der Waals surface area (Å²) in [5.74, 6) is -1.60. The van der Waals surface area contributed by atoms with Crippen LogP contribution in [-0.4, -0.2) is 29.4 Å². The number of esters is 1. The van der Waals surface area contributed by atoms with E-state index in [1.807, 2.05) is 0 Å². The summed E-state index contributed by atoms with van der Waals surface area (Å²) in [5, 5.41) is 13.6. The molecule has 0 aliphatic carbocycles. The van der Waals surface area contributed by atoms with E-state index in [0.717, 1.165) is 11.6 Å². The van der Waals surface area contributed by atoms with Crippen LogP contribution in [0.1, 0.15) is 18.1 Å². The number of halogens is 1. The summed E-state index contributed by atoms with van der Waals surface area (Å²) in [5.41, 5.74) is 0.970. The Morgan fingerprint density at radius 3 is 2.57 bits per heavy atom. The summed E-state index contributed by atoms with van der Waals surface area (Å²) >= 11 is 0. The number of amides is 1. The molecule has 1 amide bonds. The lowest BCUT2D eigenvalue weighted by Crippen LogP contribution is -2.36. The average Bonchev–Trinajstić information content (AvgIpc) is 2.68. The van der Waals surface area contributed by atoms with Gasteiger partial charge < -0.3 is 10.1 Å². The zero-order valence-electron chi connectivity index (χ0n) is 15.1. The van der Waals surface area contributed by atoms with Crippen molar-refractivity contribution in [2.45, 2.75) is 19.4 Å². The molecule has 0 unspecified atom stereocenters. The van der Waals surface area contributed by atoms with Gasteiger partial charge in [-0.3, -0.25) is 14.9 Å². The minimum absolute atomic E-state index is 0.141. The van der Waals surface area contributed by atoms with Gasteiger partial charge in [0.1, 0.15) is 5.82 Å². The van der Waals surface area contributed by atoms with E-state index in [9.17, 15) is 24.1 Å². The van der Waals surface area contributed by atoms with Crippen LogP contribution < -0.4 is 5.32 Å². The van der Waals surface area contributed by atoms with Gasteiger partial charge in [-0.1, -0.05) is 24.3 Å². The molecular formula is C20H19FN2O5. The number of nitro benzene ring substituents is 1. The van der Waals surface area contributed by atoms with E-state index in [4.69, 9.17) is 4.74 Å². The fourth-order valence-electron chi connectivity index (χ4n) is 2.34. The van der Waals surface area contributed by atoms with Crippen LogP contribution in [0, 0.1) is 15.9 Å². The van der Waals surface area contributed by atoms with Gasteiger partial charge in [0.15, 0.2) is 6.10 Å². The molecule has 0 spiro atoms. The minimum atomic E-state index is -1.03. The van der Waals surface area contributed by atoms with Gasteiger partial charge in [-0.15, -0.1) is 0 Å². The summed E-state index contributed by atoms with van der Waals surface area (Å²) in [6.45, 7) is 1.72. The van der Waals surface area contributed by atoms with E-state index in [-0.39, 0.29) is 17.1 Å². The predicted molar refractivity (Wildman–Crippen MR) is 101 cm³/mol. The Bertz CT molecular complexity index is 880. The summed E-state index contributed by atoms with van der Waals surface area (Å²) in [6.07, 6.45) is 1.77. The number of para-hydroxylation sites is 1. The molecule has 146 valence electrons. The smallest absolute Gasteiger partial charge is 0.331 e. The highest BCUT2D eigenvalue weighted by atomic mass is 19.1. The summed E-state index contributed by atoms with van der Waals surface area (Å²) in [4.78, 5) is 34.2. The standard InChI is InChI=1S/C20H19FN2O5/c1-14(20(25)22-13-12-15-6-9-17(21)10-7-15)28-19(24)11-8-16-4-2-3-5-18(16)23(26)27/h2-11,14H,12-13H2,1H3,(H,22,25)/b11-8+/t14-/m1/s1. The minimum Gasteiger partial charge on any atom is -0.449 e. The number of ether oxygens (including phenoxy) is 1. The Kier molecular flexibility index (Phi) is 7.38. The van der Waals surface area contributed by atoms with Gasteiger partial charge in [0, 0.05) is 18.7 Å². The molecule has 0 bridgehead atoms. The topological polar surface area (TPSA) is 98.5 Å². The second-order valence-electron chi connectivity index (χ2n) is 5.90. The van der Waals surface area contributed by atoms with E-state index in [0.29, 0.717) is 13.0 Å². The summed E-state index contributed by atoms with van der Waals surface area (Å²) < 4.78 is 17.8. The number of hydrogen-bond acceptors (Lipinski definition) is 5. The number of carbonyl (C=O) groups is 2. The number of nitrogens with one attached hydrogen (secondary N) is 1. The van der Waals surface area contributed by atoms with Crippen molar-refractivity contribution in [3.63, 3.8) is 0 Å². The highest BCUT2D eigenvalue weighted by molar-refractivity contribution is 5.90. The SMILES string of the molecule is C[C@@H](OC(=O)/C=C/c1ccccc1[N+](=O)[O-])C(=O)NCCc1ccc(F)cc1. The van der Waals surface area contributed by atoms with Crippen molar-refractivity contribution in [2.75, 3.05) is 6.54 Å². The molecule has 7 nitrogen and oxygen atoms in total. The van der Waals surface area contributed by atoms with Crippen LogP contribution in [0.5, 0.6) is 0 Å². The van der Waals surface area contributed by atoms with Gasteiger partial charge in [0.25, 0.3) is 11.6 Å². The first-order valence-corrected chi connectivity index (χ1v) is 8.51. The molecule has 0 fully saturated rings. The van der Waals surface area contributed by atoms with Crippen molar-refractivity contribution < 1.29 is 23.6 Å². The molecule has 2 aromatic carbocycles. The third-order valence-corrected chi connectivity index (χ3v) is 3.82. The lowest BCUT2D eigenvalue weighted by molar-refractivity contribution is -0.385. The normalized spacial score (nSPS) is 11.8. The monoisotopic (exact) mass is 386 g/mol. The molecular weight excluding hydrogens is 367 g/mol. The second-order valence-corrected chi connectivity index (χ2v) is 5.90. The number of carbonyl (C=O) groups excluding carboxylic acids is 2. The number of rotatable bonds is 8. The second kappa shape index (κ2) is 9.96. The van der Waals surface area contributed by atoms with Crippen LogP contribution in [0.2, 0.25) is 0 Å². The zero-order valence-corrected chi connectivity index (χ0v) is 15.1. The summed E-state index contributed by atoms with van der Waals surface area (Å²) in [6, 6.07) is 11.9. The Morgan fingerprint density at radius 2 is 1.89 bits per heavy atom. The van der Waals surface area contributed by atoms with Crippen LogP contribution in [0.3, 0.4) is 0 Å². The quantitative estimate of drug-likeness (QED) is 0.325. The molecule has 28 heavy (non-hydrogen) atoms. The highest BCUT2D eigenvalue weighted by Crippen LogP contribution is 2.18. The van der Waals surface area contributed by atoms with Crippen LogP contribution in [0.25, 0.3) is 6.08 Å². The van der Waals surface area contributed by atoms with Crippen molar-refractivity contribution in [3.8, 4) is 0 Å². The fraction of sp³-hybridized carbons (Fsp3) is 0.200. The zero-order chi connectivity index (χ0) is 20.5. The first kappa shape index (κ1) is 20.8. The van der Waals surface area contributed by atoms with Crippen LogP contribution in [-0.2, 0) is 20.7 Å². The number of nitro groups is 1. The fourth-order valence-corrected chi connectivity index (χ4v) is 2.34. The number of nitrogens with zero attached hydrogens (tertiary/aromatic N) is 1. The molecule has 0 radical (unpaired) electrons. The maximum atomic E-state index is 12.8. The van der Waals surface area contributed by atoms with Gasteiger partial charge >= 0.3 is 5.97 Å². The van der Waals surface area contributed by atoms with Crippen molar-refractivity contribution >= 4 is 23.6 Å². The van der Waals surface area contributed by atoms with Crippen molar-refractivity contribution in [1.29, 1.82) is 0 Å². The van der Waals surface area contributed by atoms with Crippen LogP contribution in [0.4, 0.5) is 10.1 Å². The molecule has 0 aliphatic heterocycles. The first-order valence-electron chi connectivity index (χ1n) is 8.51. The Balaban J connectivity index is 1.82. The molecule has 0 heterocycles. The van der Waals surface area contributed by atoms with Gasteiger partial charge in [0.2, 0.25) is 0 Å².